The van der Waals surface area contributed by atoms with Gasteiger partial charge in [-0.3, -0.25) is 0 Å². The Morgan fingerprint density at radius 2 is 1.71 bits per heavy atom. The van der Waals surface area contributed by atoms with Gasteiger partial charge >= 0.3 is 0 Å². The van der Waals surface area contributed by atoms with Crippen LogP contribution in [0.15, 0.2) is 96.7 Å². The van der Waals surface area contributed by atoms with Gasteiger partial charge in [0, 0.05) is 0 Å². The van der Waals surface area contributed by atoms with Gasteiger partial charge in [-0.1, -0.05) is 42.0 Å². The highest BCUT2D eigenvalue weighted by Gasteiger charge is 1.96. The second kappa shape index (κ2) is 10.9. The smallest absolute Gasteiger partial charge is 0.127 e. The Hall–Kier alpha value is -2.74. The highest BCUT2D eigenvalue weighted by Crippen LogP contribution is 2.15. The second-order valence-electron chi connectivity index (χ2n) is 5.45. The monoisotopic (exact) mass is 322 g/mol. The third-order valence-electron chi connectivity index (χ3n) is 2.91. The summed E-state index contributed by atoms with van der Waals surface area (Å²) < 4.78 is 11.4. The zero-order chi connectivity index (χ0) is 17.8. The first-order chi connectivity index (χ1) is 11.5. The Morgan fingerprint density at radius 3 is 2.29 bits per heavy atom. The SMILES string of the molecule is C=C/C(=C\C=C(C)C)O/C=C/C=C(\C=C/C)Oc1ccc(C)cc1. The summed E-state index contributed by atoms with van der Waals surface area (Å²) in [6.45, 7) is 11.8. The predicted molar refractivity (Wildman–Crippen MR) is 103 cm³/mol. The summed E-state index contributed by atoms with van der Waals surface area (Å²) in [5.74, 6) is 2.22. The van der Waals surface area contributed by atoms with Crippen molar-refractivity contribution in [3.05, 3.63) is 102 Å². The normalized spacial score (nSPS) is 12.5. The lowest BCUT2D eigenvalue weighted by Gasteiger charge is -2.06. The van der Waals surface area contributed by atoms with Gasteiger partial charge in [0.2, 0.25) is 0 Å². The van der Waals surface area contributed by atoms with Crippen molar-refractivity contribution in [3.8, 4) is 5.75 Å². The number of hydrogen-bond donors (Lipinski definition) is 0. The molecule has 0 heterocycles. The van der Waals surface area contributed by atoms with Gasteiger partial charge in [0.1, 0.15) is 17.3 Å². The lowest BCUT2D eigenvalue weighted by Crippen LogP contribution is -1.91. The van der Waals surface area contributed by atoms with Crippen LogP contribution in [0.2, 0.25) is 0 Å². The van der Waals surface area contributed by atoms with E-state index >= 15 is 0 Å². The van der Waals surface area contributed by atoms with Crippen molar-refractivity contribution in [2.24, 2.45) is 0 Å². The quantitative estimate of drug-likeness (QED) is 0.407. The zero-order valence-electron chi connectivity index (χ0n) is 15.0. The molecule has 0 fully saturated rings. The van der Waals surface area contributed by atoms with Gasteiger partial charge < -0.3 is 9.47 Å². The molecule has 0 aliphatic rings. The van der Waals surface area contributed by atoms with Crippen LogP contribution in [0.4, 0.5) is 0 Å². The first-order valence-electron chi connectivity index (χ1n) is 7.93. The number of rotatable bonds is 8. The molecule has 0 spiro atoms. The lowest BCUT2D eigenvalue weighted by atomic mass is 10.2. The fourth-order valence-corrected chi connectivity index (χ4v) is 1.69. The number of ether oxygens (including phenoxy) is 2. The maximum atomic E-state index is 5.85. The minimum Gasteiger partial charge on any atom is -0.465 e. The molecule has 2 nitrogen and oxygen atoms in total. The van der Waals surface area contributed by atoms with Gasteiger partial charge in [-0.05, 0) is 70.2 Å². The van der Waals surface area contributed by atoms with Crippen LogP contribution in [0.1, 0.15) is 26.3 Å². The first kappa shape index (κ1) is 19.3. The van der Waals surface area contributed by atoms with Crippen LogP contribution >= 0.6 is 0 Å². The largest absolute Gasteiger partial charge is 0.465 e. The van der Waals surface area contributed by atoms with Crippen LogP contribution < -0.4 is 4.74 Å². The van der Waals surface area contributed by atoms with Crippen molar-refractivity contribution in [1.29, 1.82) is 0 Å². The van der Waals surface area contributed by atoms with Crippen LogP contribution in [0.5, 0.6) is 5.75 Å². The molecular weight excluding hydrogens is 296 g/mol. The van der Waals surface area contributed by atoms with Crippen LogP contribution in [-0.2, 0) is 4.74 Å². The van der Waals surface area contributed by atoms with Crippen molar-refractivity contribution >= 4 is 0 Å². The molecule has 0 unspecified atom stereocenters. The number of hydrogen-bond acceptors (Lipinski definition) is 2. The van der Waals surface area contributed by atoms with E-state index in [4.69, 9.17) is 9.47 Å². The predicted octanol–water partition coefficient (Wildman–Crippen LogP) is 6.40. The van der Waals surface area contributed by atoms with Gasteiger partial charge in [-0.2, -0.15) is 0 Å². The van der Waals surface area contributed by atoms with E-state index in [9.17, 15) is 0 Å². The number of benzene rings is 1. The van der Waals surface area contributed by atoms with Gasteiger partial charge in [0.05, 0.1) is 6.26 Å². The van der Waals surface area contributed by atoms with E-state index in [2.05, 4.69) is 6.58 Å². The molecule has 2 heteroatoms. The lowest BCUT2D eigenvalue weighted by molar-refractivity contribution is 0.368. The molecule has 0 amide bonds. The summed E-state index contributed by atoms with van der Waals surface area (Å²) in [4.78, 5) is 0. The minimum atomic E-state index is 0.688. The van der Waals surface area contributed by atoms with Gasteiger partial charge in [-0.25, -0.2) is 0 Å². The van der Waals surface area contributed by atoms with Crippen molar-refractivity contribution in [2.75, 3.05) is 0 Å². The van der Waals surface area contributed by atoms with E-state index < -0.39 is 0 Å². The van der Waals surface area contributed by atoms with Crippen LogP contribution in [0.25, 0.3) is 0 Å². The van der Waals surface area contributed by atoms with E-state index in [1.165, 1.54) is 11.1 Å². The molecule has 0 radical (unpaired) electrons. The topological polar surface area (TPSA) is 18.5 Å². The van der Waals surface area contributed by atoms with E-state index in [0.717, 1.165) is 11.5 Å². The van der Waals surface area contributed by atoms with Crippen molar-refractivity contribution < 1.29 is 9.47 Å². The first-order valence-corrected chi connectivity index (χ1v) is 7.93. The number of allylic oxidation sites excluding steroid dienone is 8. The zero-order valence-corrected chi connectivity index (χ0v) is 15.0. The van der Waals surface area contributed by atoms with Crippen LogP contribution in [-0.4, -0.2) is 0 Å². The Morgan fingerprint density at radius 1 is 1.00 bits per heavy atom. The molecular formula is C22H26O2. The summed E-state index contributed by atoms with van der Waals surface area (Å²) in [6, 6.07) is 7.94. The Bertz CT molecular complexity index is 664. The molecule has 0 saturated carbocycles. The molecule has 0 atom stereocenters. The summed E-state index contributed by atoms with van der Waals surface area (Å²) >= 11 is 0. The molecule has 0 aromatic heterocycles. The van der Waals surface area contributed by atoms with E-state index in [-0.39, 0.29) is 0 Å². The molecule has 1 aromatic carbocycles. The maximum absolute atomic E-state index is 5.85. The van der Waals surface area contributed by atoms with Crippen LogP contribution in [0.3, 0.4) is 0 Å². The standard InChI is InChI=1S/C22H26O2/c1-6-9-21(24-22-15-12-19(5)13-16-22)10-8-17-23-20(7-2)14-11-18(3)4/h6-17H,2H2,1,3-5H3/b9-6-,17-8+,20-14+,21-10+. The Kier molecular flexibility index (Phi) is 8.77. The molecule has 0 bridgehead atoms. The van der Waals surface area contributed by atoms with Gasteiger partial charge in [0.15, 0.2) is 0 Å². The fourth-order valence-electron chi connectivity index (χ4n) is 1.69. The Balaban J connectivity index is 2.74. The van der Waals surface area contributed by atoms with E-state index in [1.807, 2.05) is 82.3 Å². The molecule has 0 saturated heterocycles. The third-order valence-corrected chi connectivity index (χ3v) is 2.91. The summed E-state index contributed by atoms with van der Waals surface area (Å²) in [5, 5.41) is 0. The molecule has 126 valence electrons. The highest BCUT2D eigenvalue weighted by atomic mass is 16.5. The fraction of sp³-hybridized carbons (Fsp3) is 0.182. The average molecular weight is 322 g/mol. The highest BCUT2D eigenvalue weighted by molar-refractivity contribution is 5.30. The van der Waals surface area contributed by atoms with Crippen molar-refractivity contribution in [2.45, 2.75) is 27.7 Å². The van der Waals surface area contributed by atoms with Crippen molar-refractivity contribution in [3.63, 3.8) is 0 Å². The minimum absolute atomic E-state index is 0.688. The molecule has 0 aliphatic carbocycles. The molecule has 0 aliphatic heterocycles. The third kappa shape index (κ3) is 8.04. The molecule has 0 N–H and O–H groups in total. The maximum Gasteiger partial charge on any atom is 0.127 e. The van der Waals surface area contributed by atoms with Gasteiger partial charge in [0.25, 0.3) is 0 Å². The van der Waals surface area contributed by atoms with Crippen molar-refractivity contribution in [1.82, 2.24) is 0 Å². The molecule has 1 rings (SSSR count). The molecule has 1 aromatic rings. The number of aryl methyl sites for hydroxylation is 1. The second-order valence-corrected chi connectivity index (χ2v) is 5.45. The van der Waals surface area contributed by atoms with Gasteiger partial charge in [-0.15, -0.1) is 0 Å². The summed E-state index contributed by atoms with van der Waals surface area (Å²) in [6.07, 6.45) is 14.6. The van der Waals surface area contributed by atoms with E-state index in [1.54, 1.807) is 18.4 Å². The average Bonchev–Trinajstić information content (AvgIpc) is 2.56. The van der Waals surface area contributed by atoms with Crippen LogP contribution in [0, 0.1) is 6.92 Å². The van der Waals surface area contributed by atoms with E-state index in [0.29, 0.717) is 5.76 Å². The molecule has 24 heavy (non-hydrogen) atoms. The Labute approximate surface area is 145 Å². The summed E-state index contributed by atoms with van der Waals surface area (Å²) in [5.41, 5.74) is 2.40. The summed E-state index contributed by atoms with van der Waals surface area (Å²) in [7, 11) is 0.